The van der Waals surface area contributed by atoms with Gasteiger partial charge in [0.05, 0.1) is 31.1 Å². The summed E-state index contributed by atoms with van der Waals surface area (Å²) in [6, 6.07) is 9.37. The summed E-state index contributed by atoms with van der Waals surface area (Å²) >= 11 is 9.75. The number of phenols is 1. The summed E-state index contributed by atoms with van der Waals surface area (Å²) in [4.78, 5) is 22.6. The fourth-order valence-electron chi connectivity index (χ4n) is 2.42. The molecular weight excluding hydrogens is 590 g/mol. The zero-order valence-electron chi connectivity index (χ0n) is 14.9. The number of rotatable bonds is 6. The third-order valence-electron chi connectivity index (χ3n) is 3.84. The van der Waals surface area contributed by atoms with E-state index in [-0.39, 0.29) is 17.1 Å². The molecule has 0 atom stereocenters. The van der Waals surface area contributed by atoms with Crippen LogP contribution in [0.2, 0.25) is 0 Å². The Bertz CT molecular complexity index is 1120. The molecule has 0 aliphatic carbocycles. The van der Waals surface area contributed by atoms with Gasteiger partial charge in [-0.05, 0) is 71.0 Å². The summed E-state index contributed by atoms with van der Waals surface area (Å²) in [5, 5.41) is 28.6. The lowest BCUT2D eigenvalue weighted by Gasteiger charge is -2.02. The molecule has 0 radical (unpaired) electrons. The Kier molecular flexibility index (Phi) is 7.00. The van der Waals surface area contributed by atoms with E-state index in [4.69, 9.17) is 0 Å². The Morgan fingerprint density at radius 2 is 1.83 bits per heavy atom. The van der Waals surface area contributed by atoms with Crippen LogP contribution in [0.5, 0.6) is 5.75 Å². The second-order valence-electron chi connectivity index (χ2n) is 5.98. The van der Waals surface area contributed by atoms with Gasteiger partial charge < -0.3 is 5.11 Å². The Hall–Kier alpha value is -2.57. The van der Waals surface area contributed by atoms with Crippen LogP contribution in [0, 0.1) is 10.1 Å². The molecule has 3 rings (SSSR count). The molecule has 0 bridgehead atoms. The lowest BCUT2D eigenvalue weighted by atomic mass is 10.2. The number of nitrogens with one attached hydrogen (secondary N) is 1. The molecule has 154 valence electrons. The first-order valence-corrected chi connectivity index (χ1v) is 10.6. The molecule has 2 N–H and O–H groups in total. The van der Waals surface area contributed by atoms with Gasteiger partial charge in [0.2, 0.25) is 0 Å². The number of phenolic OH excluding ortho intramolecular Hbond substituents is 1. The van der Waals surface area contributed by atoms with Gasteiger partial charge in [-0.25, -0.2) is 5.43 Å². The van der Waals surface area contributed by atoms with E-state index >= 15 is 0 Å². The number of benzene rings is 2. The van der Waals surface area contributed by atoms with Gasteiger partial charge in [0, 0.05) is 18.3 Å². The molecule has 2 aromatic carbocycles. The molecule has 0 fully saturated rings. The molecule has 9 nitrogen and oxygen atoms in total. The van der Waals surface area contributed by atoms with Gasteiger partial charge in [-0.1, -0.05) is 12.1 Å². The fourth-order valence-corrected chi connectivity index (χ4v) is 4.14. The van der Waals surface area contributed by atoms with Gasteiger partial charge in [0.25, 0.3) is 11.6 Å². The van der Waals surface area contributed by atoms with E-state index in [0.717, 1.165) is 5.56 Å². The number of nitro benzene ring substituents is 1. The van der Waals surface area contributed by atoms with Crippen LogP contribution in [0.1, 0.15) is 21.6 Å². The molecule has 3 aromatic rings. The second kappa shape index (κ2) is 9.49. The predicted molar refractivity (Wildman–Crippen MR) is 121 cm³/mol. The molecule has 0 unspecified atom stereocenters. The summed E-state index contributed by atoms with van der Waals surface area (Å²) < 4.78 is 2.99. The second-order valence-corrected chi connectivity index (χ2v) is 8.54. The first-order chi connectivity index (χ1) is 14.2. The minimum Gasteiger partial charge on any atom is -0.506 e. The number of halogens is 3. The molecule has 1 heterocycles. The van der Waals surface area contributed by atoms with Gasteiger partial charge in [0.1, 0.15) is 5.75 Å². The number of hydrogen-bond acceptors (Lipinski definition) is 6. The summed E-state index contributed by atoms with van der Waals surface area (Å²) in [5.41, 5.74) is 3.99. The van der Waals surface area contributed by atoms with Gasteiger partial charge in [-0.2, -0.15) is 10.2 Å². The Labute approximate surface area is 195 Å². The number of nitrogens with zero attached hydrogens (tertiary/aromatic N) is 4. The monoisotopic (exact) mass is 599 g/mol. The summed E-state index contributed by atoms with van der Waals surface area (Å²) in [6.45, 7) is 0.336. The molecule has 0 saturated heterocycles. The van der Waals surface area contributed by atoms with Gasteiger partial charge in [-0.15, -0.1) is 0 Å². The number of non-ortho nitro benzene ring substituents is 1. The Morgan fingerprint density at radius 1 is 1.20 bits per heavy atom. The highest BCUT2D eigenvalue weighted by Gasteiger charge is 2.15. The number of amides is 1. The highest BCUT2D eigenvalue weighted by atomic mass is 79.9. The molecule has 0 saturated carbocycles. The van der Waals surface area contributed by atoms with Crippen molar-refractivity contribution in [3.05, 3.63) is 82.9 Å². The standard InChI is InChI=1S/C18H12Br3N5O4/c19-13-5-11(6-14(20)17(13)27)7-22-23-18(28)16-15(21)9-25(24-16)8-10-1-3-12(4-2-10)26(29)30/h1-7,9,27H,8H2,(H,23,28). The van der Waals surface area contributed by atoms with Gasteiger partial charge in [-0.3, -0.25) is 19.6 Å². The van der Waals surface area contributed by atoms with Crippen LogP contribution in [0.15, 0.2) is 61.1 Å². The molecule has 0 aliphatic rings. The highest BCUT2D eigenvalue weighted by molar-refractivity contribution is 9.11. The number of carbonyl (C=O) groups excluding carboxylic acids is 1. The number of nitro groups is 1. The van der Waals surface area contributed by atoms with Crippen molar-refractivity contribution in [2.24, 2.45) is 5.10 Å². The summed E-state index contributed by atoms with van der Waals surface area (Å²) in [7, 11) is 0. The number of aromatic hydroxyl groups is 1. The first kappa shape index (κ1) is 22.1. The minimum absolute atomic E-state index is 0.00557. The van der Waals surface area contributed by atoms with Crippen molar-refractivity contribution in [3.8, 4) is 5.75 Å². The maximum atomic E-state index is 12.4. The van der Waals surface area contributed by atoms with Crippen LogP contribution in [-0.2, 0) is 6.54 Å². The minimum atomic E-state index is -0.516. The van der Waals surface area contributed by atoms with Gasteiger partial charge in [0.15, 0.2) is 5.69 Å². The quantitative estimate of drug-likeness (QED) is 0.243. The van der Waals surface area contributed by atoms with Crippen LogP contribution in [0.3, 0.4) is 0 Å². The summed E-state index contributed by atoms with van der Waals surface area (Å²) in [6.07, 6.45) is 3.06. The van der Waals surface area contributed by atoms with E-state index in [1.807, 2.05) is 0 Å². The maximum absolute atomic E-state index is 12.4. The largest absolute Gasteiger partial charge is 0.506 e. The topological polar surface area (TPSA) is 123 Å². The molecule has 0 spiro atoms. The fraction of sp³-hybridized carbons (Fsp3) is 0.0556. The SMILES string of the molecule is O=C(NN=Cc1cc(Br)c(O)c(Br)c1)c1nn(Cc2ccc([N+](=O)[O-])cc2)cc1Br. The third kappa shape index (κ3) is 5.32. The van der Waals surface area contributed by atoms with Crippen molar-refractivity contribution in [2.75, 3.05) is 0 Å². The predicted octanol–water partition coefficient (Wildman–Crippen LogP) is 4.60. The van der Waals surface area contributed by atoms with Gasteiger partial charge >= 0.3 is 0 Å². The van der Waals surface area contributed by atoms with Crippen LogP contribution < -0.4 is 5.43 Å². The molecule has 30 heavy (non-hydrogen) atoms. The zero-order valence-corrected chi connectivity index (χ0v) is 19.7. The zero-order chi connectivity index (χ0) is 21.8. The van der Waals surface area contributed by atoms with Crippen molar-refractivity contribution in [2.45, 2.75) is 6.54 Å². The van der Waals surface area contributed by atoms with Crippen molar-refractivity contribution in [1.82, 2.24) is 15.2 Å². The van der Waals surface area contributed by atoms with E-state index < -0.39 is 10.8 Å². The number of aromatic nitrogens is 2. The average molecular weight is 602 g/mol. The molecule has 1 amide bonds. The van der Waals surface area contributed by atoms with Crippen molar-refractivity contribution >= 4 is 65.6 Å². The average Bonchev–Trinajstić information content (AvgIpc) is 3.06. The lowest BCUT2D eigenvalue weighted by molar-refractivity contribution is -0.384. The normalized spacial score (nSPS) is 11.0. The van der Waals surface area contributed by atoms with E-state index in [0.29, 0.717) is 25.5 Å². The summed E-state index contributed by atoms with van der Waals surface area (Å²) in [5.74, 6) is -0.448. The number of hydrogen-bond donors (Lipinski definition) is 2. The van der Waals surface area contributed by atoms with Crippen molar-refractivity contribution in [3.63, 3.8) is 0 Å². The van der Waals surface area contributed by atoms with Crippen LogP contribution in [0.4, 0.5) is 5.69 Å². The van der Waals surface area contributed by atoms with Crippen molar-refractivity contribution < 1.29 is 14.8 Å². The smallest absolute Gasteiger partial charge is 0.293 e. The van der Waals surface area contributed by atoms with E-state index in [1.165, 1.54) is 23.0 Å². The Morgan fingerprint density at radius 3 is 2.43 bits per heavy atom. The van der Waals surface area contributed by atoms with E-state index in [2.05, 4.69) is 63.4 Å². The number of hydrazone groups is 1. The maximum Gasteiger partial charge on any atom is 0.293 e. The lowest BCUT2D eigenvalue weighted by Crippen LogP contribution is -2.19. The third-order valence-corrected chi connectivity index (χ3v) is 5.63. The van der Waals surface area contributed by atoms with Crippen LogP contribution >= 0.6 is 47.8 Å². The van der Waals surface area contributed by atoms with Crippen LogP contribution in [-0.4, -0.2) is 31.9 Å². The highest BCUT2D eigenvalue weighted by Crippen LogP contribution is 2.32. The van der Waals surface area contributed by atoms with Crippen LogP contribution in [0.25, 0.3) is 0 Å². The number of carbonyl (C=O) groups is 1. The van der Waals surface area contributed by atoms with E-state index in [9.17, 15) is 20.0 Å². The first-order valence-electron chi connectivity index (χ1n) is 8.22. The van der Waals surface area contributed by atoms with Crippen molar-refractivity contribution in [1.29, 1.82) is 0 Å². The Balaban J connectivity index is 1.67. The van der Waals surface area contributed by atoms with E-state index in [1.54, 1.807) is 30.5 Å². The molecule has 12 heteroatoms. The molecule has 1 aromatic heterocycles. The molecule has 0 aliphatic heterocycles. The molecular formula is C18H12Br3N5O4.